The van der Waals surface area contributed by atoms with Crippen LogP contribution >= 0.6 is 0 Å². The number of rotatable bonds is 14. The molecule has 0 spiro atoms. The van der Waals surface area contributed by atoms with Crippen LogP contribution in [0.15, 0.2) is 0 Å². The predicted molar refractivity (Wildman–Crippen MR) is 102 cm³/mol. The van der Waals surface area contributed by atoms with Crippen LogP contribution in [0.4, 0.5) is 0 Å². The predicted octanol–water partition coefficient (Wildman–Crippen LogP) is -5.63. The Morgan fingerprint density at radius 2 is 1.42 bits per heavy atom. The van der Waals surface area contributed by atoms with Crippen LogP contribution in [-0.2, 0) is 28.8 Å². The number of carboxylic acids is 1. The minimum Gasteiger partial charge on any atom is -0.480 e. The average molecular weight is 448 g/mol. The van der Waals surface area contributed by atoms with Gasteiger partial charge >= 0.3 is 5.97 Å². The summed E-state index contributed by atoms with van der Waals surface area (Å²) in [5, 5.41) is 34.5. The number of nitrogens with two attached hydrogens (primary N) is 3. The Labute approximate surface area is 176 Å². The lowest BCUT2D eigenvalue weighted by Gasteiger charge is -2.25. The molecule has 0 rings (SSSR count). The highest BCUT2D eigenvalue weighted by atomic mass is 16.4. The van der Waals surface area contributed by atoms with E-state index in [9.17, 15) is 39.0 Å². The summed E-state index contributed by atoms with van der Waals surface area (Å²) in [6.07, 6.45) is -2.70. The normalized spacial score (nSPS) is 15.5. The summed E-state index contributed by atoms with van der Waals surface area (Å²) in [5.74, 6) is -6.33. The monoisotopic (exact) mass is 448 g/mol. The van der Waals surface area contributed by atoms with Gasteiger partial charge in [-0.3, -0.25) is 24.0 Å². The molecule has 0 aliphatic rings. The number of primary amides is 2. The first-order valence-electron chi connectivity index (χ1n) is 9.05. The van der Waals surface area contributed by atoms with Gasteiger partial charge in [-0.2, -0.15) is 0 Å². The number of aliphatic hydroxyl groups excluding tert-OH is 2. The standard InChI is InChI=1S/C16H28N6O9/c1-6(24)12(15(29)20-8(16(30)31)2-3-10(18)25)22-14(28)9(5-23)21-13(27)7(17)4-11(19)26/h6-9,12,23-24H,2-5,17H2,1H3,(H2,18,25)(H2,19,26)(H,20,29)(H,21,27)(H,22,28)(H,30,31). The smallest absolute Gasteiger partial charge is 0.326 e. The molecule has 15 nitrogen and oxygen atoms in total. The molecule has 12 N–H and O–H groups in total. The fraction of sp³-hybridized carbons (Fsp3) is 0.625. The number of nitrogens with one attached hydrogen (secondary N) is 3. The molecule has 0 saturated carbocycles. The number of amides is 5. The molecule has 31 heavy (non-hydrogen) atoms. The van der Waals surface area contributed by atoms with E-state index in [4.69, 9.17) is 22.3 Å². The van der Waals surface area contributed by atoms with Gasteiger partial charge in [0.25, 0.3) is 0 Å². The fourth-order valence-electron chi connectivity index (χ4n) is 2.25. The molecule has 0 heterocycles. The first kappa shape index (κ1) is 27.7. The summed E-state index contributed by atoms with van der Waals surface area (Å²) in [5.41, 5.74) is 15.3. The Morgan fingerprint density at radius 1 is 0.871 bits per heavy atom. The van der Waals surface area contributed by atoms with Crippen molar-refractivity contribution < 1.29 is 44.1 Å². The maximum Gasteiger partial charge on any atom is 0.326 e. The van der Waals surface area contributed by atoms with Crippen LogP contribution in [0.3, 0.4) is 0 Å². The van der Waals surface area contributed by atoms with E-state index in [0.717, 1.165) is 6.92 Å². The van der Waals surface area contributed by atoms with Crippen molar-refractivity contribution in [1.29, 1.82) is 0 Å². The number of carbonyl (C=O) groups excluding carboxylic acids is 5. The number of hydrogen-bond donors (Lipinski definition) is 9. The van der Waals surface area contributed by atoms with E-state index in [1.165, 1.54) is 0 Å². The molecule has 15 heteroatoms. The van der Waals surface area contributed by atoms with Crippen molar-refractivity contribution in [3.05, 3.63) is 0 Å². The fourth-order valence-corrected chi connectivity index (χ4v) is 2.25. The SMILES string of the molecule is CC(O)C(NC(=O)C(CO)NC(=O)C(N)CC(N)=O)C(=O)NC(CCC(N)=O)C(=O)O. The summed E-state index contributed by atoms with van der Waals surface area (Å²) in [4.78, 5) is 69.4. The van der Waals surface area contributed by atoms with Crippen LogP contribution in [0.5, 0.6) is 0 Å². The van der Waals surface area contributed by atoms with Gasteiger partial charge in [0, 0.05) is 6.42 Å². The lowest BCUT2D eigenvalue weighted by atomic mass is 10.1. The number of aliphatic carboxylic acids is 1. The quantitative estimate of drug-likeness (QED) is 0.121. The van der Waals surface area contributed by atoms with Crippen LogP contribution in [0, 0.1) is 0 Å². The summed E-state index contributed by atoms with van der Waals surface area (Å²) >= 11 is 0. The molecular formula is C16H28N6O9. The second kappa shape index (κ2) is 13.1. The second-order valence-electron chi connectivity index (χ2n) is 6.65. The number of carbonyl (C=O) groups is 6. The van der Waals surface area contributed by atoms with E-state index >= 15 is 0 Å². The van der Waals surface area contributed by atoms with E-state index in [1.807, 2.05) is 0 Å². The molecule has 0 aromatic carbocycles. The van der Waals surface area contributed by atoms with Gasteiger partial charge in [-0.25, -0.2) is 4.79 Å². The molecule has 0 saturated heterocycles. The van der Waals surface area contributed by atoms with Crippen LogP contribution < -0.4 is 33.2 Å². The molecule has 0 aliphatic carbocycles. The van der Waals surface area contributed by atoms with Gasteiger partial charge in [-0.1, -0.05) is 0 Å². The van der Waals surface area contributed by atoms with Crippen molar-refractivity contribution >= 4 is 35.5 Å². The van der Waals surface area contributed by atoms with Crippen molar-refractivity contribution in [3.8, 4) is 0 Å². The van der Waals surface area contributed by atoms with Crippen molar-refractivity contribution in [3.63, 3.8) is 0 Å². The first-order chi connectivity index (χ1) is 14.3. The summed E-state index contributed by atoms with van der Waals surface area (Å²) < 4.78 is 0. The minimum atomic E-state index is -1.67. The Bertz CT molecular complexity index is 699. The molecule has 0 aromatic rings. The third-order valence-electron chi connectivity index (χ3n) is 3.93. The zero-order valence-corrected chi connectivity index (χ0v) is 16.7. The maximum absolute atomic E-state index is 12.4. The Kier molecular flexibility index (Phi) is 11.7. The van der Waals surface area contributed by atoms with Crippen molar-refractivity contribution in [1.82, 2.24) is 16.0 Å². The first-order valence-corrected chi connectivity index (χ1v) is 9.05. The summed E-state index contributed by atoms with van der Waals surface area (Å²) in [6.45, 7) is 0.199. The van der Waals surface area contributed by atoms with Crippen LogP contribution in [-0.4, -0.2) is 87.7 Å². The van der Waals surface area contributed by atoms with E-state index in [1.54, 1.807) is 0 Å². The van der Waals surface area contributed by atoms with Crippen LogP contribution in [0.2, 0.25) is 0 Å². The number of aliphatic hydroxyl groups is 2. The van der Waals surface area contributed by atoms with Gasteiger partial charge in [-0.05, 0) is 13.3 Å². The largest absolute Gasteiger partial charge is 0.480 e. The molecule has 5 amide bonds. The summed E-state index contributed by atoms with van der Waals surface area (Å²) in [6, 6.07) is -6.20. The zero-order chi connectivity index (χ0) is 24.3. The Morgan fingerprint density at radius 3 is 1.84 bits per heavy atom. The second-order valence-corrected chi connectivity index (χ2v) is 6.65. The van der Waals surface area contributed by atoms with Crippen molar-refractivity contribution in [2.24, 2.45) is 17.2 Å². The van der Waals surface area contributed by atoms with Gasteiger partial charge in [-0.15, -0.1) is 0 Å². The van der Waals surface area contributed by atoms with E-state index < -0.39 is 78.8 Å². The molecule has 0 bridgehead atoms. The lowest BCUT2D eigenvalue weighted by molar-refractivity contribution is -0.143. The molecular weight excluding hydrogens is 420 g/mol. The summed E-state index contributed by atoms with van der Waals surface area (Å²) in [7, 11) is 0. The molecule has 5 atom stereocenters. The Hall–Kier alpha value is -3.30. The third-order valence-corrected chi connectivity index (χ3v) is 3.93. The highest BCUT2D eigenvalue weighted by Crippen LogP contribution is 2.02. The topological polar surface area (TPSA) is 277 Å². The highest BCUT2D eigenvalue weighted by molar-refractivity contribution is 5.95. The van der Waals surface area contributed by atoms with E-state index in [0.29, 0.717) is 0 Å². The molecule has 0 aromatic heterocycles. The van der Waals surface area contributed by atoms with Gasteiger partial charge in [0.05, 0.1) is 25.2 Å². The van der Waals surface area contributed by atoms with Gasteiger partial charge in [0.2, 0.25) is 29.5 Å². The van der Waals surface area contributed by atoms with Crippen molar-refractivity contribution in [2.75, 3.05) is 6.61 Å². The van der Waals surface area contributed by atoms with Gasteiger partial charge in [0.1, 0.15) is 18.1 Å². The Balaban J connectivity index is 5.19. The maximum atomic E-state index is 12.4. The molecule has 176 valence electrons. The minimum absolute atomic E-state index is 0.329. The van der Waals surface area contributed by atoms with Crippen LogP contribution in [0.1, 0.15) is 26.2 Å². The zero-order valence-electron chi connectivity index (χ0n) is 16.7. The molecule has 0 aliphatic heterocycles. The van der Waals surface area contributed by atoms with Gasteiger partial charge in [0.15, 0.2) is 0 Å². The highest BCUT2D eigenvalue weighted by Gasteiger charge is 2.32. The molecule has 5 unspecified atom stereocenters. The molecule has 0 fully saturated rings. The van der Waals surface area contributed by atoms with Crippen LogP contribution in [0.25, 0.3) is 0 Å². The van der Waals surface area contributed by atoms with E-state index in [-0.39, 0.29) is 12.8 Å². The van der Waals surface area contributed by atoms with E-state index in [2.05, 4.69) is 16.0 Å². The average Bonchev–Trinajstić information content (AvgIpc) is 2.65. The number of carboxylic acid groups (broad SMARTS) is 1. The van der Waals surface area contributed by atoms with Crippen molar-refractivity contribution in [2.45, 2.75) is 56.5 Å². The third kappa shape index (κ3) is 10.3. The van der Waals surface area contributed by atoms with Gasteiger partial charge < -0.3 is 48.5 Å². The molecule has 0 radical (unpaired) electrons. The number of hydrogen-bond acceptors (Lipinski definition) is 9. The lowest BCUT2D eigenvalue weighted by Crippen LogP contribution is -2.60.